The van der Waals surface area contributed by atoms with Crippen LogP contribution in [0.5, 0.6) is 0 Å². The minimum absolute atomic E-state index is 0.0410. The molecule has 1 aromatic carbocycles. The summed E-state index contributed by atoms with van der Waals surface area (Å²) >= 11 is 3.46. The molecule has 16 heavy (non-hydrogen) atoms. The third kappa shape index (κ3) is 3.32. The van der Waals surface area contributed by atoms with Crippen LogP contribution < -0.4 is 11.1 Å². The largest absolute Gasteiger partial charge is 0.348 e. The lowest BCUT2D eigenvalue weighted by Gasteiger charge is -2.18. The first-order chi connectivity index (χ1) is 7.56. The summed E-state index contributed by atoms with van der Waals surface area (Å²) in [5.74, 6) is -0.106. The zero-order valence-corrected chi connectivity index (χ0v) is 11.1. The minimum Gasteiger partial charge on any atom is -0.348 e. The van der Waals surface area contributed by atoms with E-state index in [0.717, 1.165) is 10.0 Å². The summed E-state index contributed by atoms with van der Waals surface area (Å²) in [5, 5.41) is 2.89. The van der Waals surface area contributed by atoms with Gasteiger partial charge in [0.25, 0.3) is 0 Å². The van der Waals surface area contributed by atoms with Crippen LogP contribution in [0.15, 0.2) is 28.7 Å². The quantitative estimate of drug-likeness (QED) is 0.892. The van der Waals surface area contributed by atoms with E-state index in [2.05, 4.69) is 21.2 Å². The molecule has 0 aliphatic heterocycles. The van der Waals surface area contributed by atoms with Gasteiger partial charge < -0.3 is 11.1 Å². The number of carbonyl (C=O) groups excluding carboxylic acids is 1. The van der Waals surface area contributed by atoms with Crippen molar-refractivity contribution in [2.75, 3.05) is 0 Å². The topological polar surface area (TPSA) is 55.1 Å². The van der Waals surface area contributed by atoms with Gasteiger partial charge in [-0.25, -0.2) is 0 Å². The molecule has 0 saturated carbocycles. The molecule has 0 spiro atoms. The molecule has 0 heterocycles. The second-order valence-corrected chi connectivity index (χ2v) is 4.62. The highest BCUT2D eigenvalue weighted by Crippen LogP contribution is 2.22. The summed E-state index contributed by atoms with van der Waals surface area (Å²) in [5.41, 5.74) is 6.71. The van der Waals surface area contributed by atoms with Crippen molar-refractivity contribution in [2.24, 2.45) is 5.73 Å². The number of amides is 1. The Kier molecular flexibility index (Phi) is 4.96. The highest BCUT2D eigenvalue weighted by atomic mass is 79.9. The van der Waals surface area contributed by atoms with Crippen molar-refractivity contribution in [3.05, 3.63) is 34.3 Å². The molecule has 0 saturated heterocycles. The van der Waals surface area contributed by atoms with Crippen LogP contribution in [0.2, 0.25) is 0 Å². The van der Waals surface area contributed by atoms with Gasteiger partial charge in [0.2, 0.25) is 5.91 Å². The molecule has 0 unspecified atom stereocenters. The Balaban J connectivity index is 2.69. The van der Waals surface area contributed by atoms with Crippen molar-refractivity contribution in [1.29, 1.82) is 0 Å². The van der Waals surface area contributed by atoms with Crippen LogP contribution in [0, 0.1) is 0 Å². The third-order valence-electron chi connectivity index (χ3n) is 2.51. The highest BCUT2D eigenvalue weighted by Gasteiger charge is 2.15. The van der Waals surface area contributed by atoms with Crippen molar-refractivity contribution in [3.8, 4) is 0 Å². The Hall–Kier alpha value is -0.870. The number of benzene rings is 1. The molecule has 0 bridgehead atoms. The lowest BCUT2D eigenvalue weighted by atomic mass is 10.1. The molecule has 0 aliphatic rings. The fourth-order valence-corrected chi connectivity index (χ4v) is 2.04. The van der Waals surface area contributed by atoms with Crippen LogP contribution in [-0.2, 0) is 4.79 Å². The third-order valence-corrected chi connectivity index (χ3v) is 3.23. The van der Waals surface area contributed by atoms with E-state index in [9.17, 15) is 4.79 Å². The number of halogens is 1. The summed E-state index contributed by atoms with van der Waals surface area (Å²) in [7, 11) is 0. The van der Waals surface area contributed by atoms with Crippen LogP contribution in [0.25, 0.3) is 0 Å². The molecule has 3 nitrogen and oxygen atoms in total. The summed E-state index contributed by atoms with van der Waals surface area (Å²) in [4.78, 5) is 11.6. The smallest absolute Gasteiger partial charge is 0.237 e. The van der Waals surface area contributed by atoms with E-state index in [1.807, 2.05) is 38.1 Å². The fourth-order valence-electron chi connectivity index (χ4n) is 1.41. The van der Waals surface area contributed by atoms with Crippen LogP contribution >= 0.6 is 15.9 Å². The van der Waals surface area contributed by atoms with Crippen LogP contribution in [-0.4, -0.2) is 11.9 Å². The van der Waals surface area contributed by atoms with Gasteiger partial charge in [-0.15, -0.1) is 0 Å². The van der Waals surface area contributed by atoms with Gasteiger partial charge in [-0.05, 0) is 25.0 Å². The molecule has 1 amide bonds. The van der Waals surface area contributed by atoms with E-state index >= 15 is 0 Å². The van der Waals surface area contributed by atoms with Gasteiger partial charge in [0, 0.05) is 4.47 Å². The van der Waals surface area contributed by atoms with E-state index in [4.69, 9.17) is 5.73 Å². The maximum absolute atomic E-state index is 11.6. The average Bonchev–Trinajstić information content (AvgIpc) is 2.28. The zero-order chi connectivity index (χ0) is 12.1. The Morgan fingerprint density at radius 2 is 2.12 bits per heavy atom. The average molecular weight is 285 g/mol. The Morgan fingerprint density at radius 1 is 1.50 bits per heavy atom. The van der Waals surface area contributed by atoms with E-state index in [-0.39, 0.29) is 11.9 Å². The monoisotopic (exact) mass is 284 g/mol. The molecule has 0 fully saturated rings. The Morgan fingerprint density at radius 3 is 2.69 bits per heavy atom. The molecule has 88 valence electrons. The lowest BCUT2D eigenvalue weighted by Crippen LogP contribution is -2.41. The van der Waals surface area contributed by atoms with E-state index < -0.39 is 6.04 Å². The molecule has 1 rings (SSSR count). The van der Waals surface area contributed by atoms with Crippen molar-refractivity contribution >= 4 is 21.8 Å². The Labute approximate surface area is 105 Å². The molecule has 3 N–H and O–H groups in total. The van der Waals surface area contributed by atoms with Crippen LogP contribution in [0.3, 0.4) is 0 Å². The van der Waals surface area contributed by atoms with Crippen molar-refractivity contribution in [1.82, 2.24) is 5.32 Å². The Bertz CT molecular complexity index is 368. The number of nitrogens with two attached hydrogens (primary N) is 1. The molecular weight excluding hydrogens is 268 g/mol. The van der Waals surface area contributed by atoms with Gasteiger partial charge in [0.15, 0.2) is 0 Å². The summed E-state index contributed by atoms with van der Waals surface area (Å²) < 4.78 is 0.993. The first kappa shape index (κ1) is 13.2. The molecule has 4 heteroatoms. The number of hydrogen-bond donors (Lipinski definition) is 2. The fraction of sp³-hybridized carbons (Fsp3) is 0.417. The first-order valence-corrected chi connectivity index (χ1v) is 6.16. The van der Waals surface area contributed by atoms with Gasteiger partial charge in [-0.3, -0.25) is 4.79 Å². The van der Waals surface area contributed by atoms with Gasteiger partial charge >= 0.3 is 0 Å². The molecule has 2 atom stereocenters. The first-order valence-electron chi connectivity index (χ1n) is 5.36. The van der Waals surface area contributed by atoms with Gasteiger partial charge in [-0.2, -0.15) is 0 Å². The highest BCUT2D eigenvalue weighted by molar-refractivity contribution is 9.10. The van der Waals surface area contributed by atoms with Crippen LogP contribution in [0.1, 0.15) is 31.9 Å². The maximum atomic E-state index is 11.6. The van der Waals surface area contributed by atoms with E-state index in [1.165, 1.54) is 0 Å². The van der Waals surface area contributed by atoms with Gasteiger partial charge in [0.1, 0.15) is 0 Å². The van der Waals surface area contributed by atoms with Crippen molar-refractivity contribution < 1.29 is 4.79 Å². The summed E-state index contributed by atoms with van der Waals surface area (Å²) in [6.45, 7) is 3.84. The second-order valence-electron chi connectivity index (χ2n) is 3.77. The predicted molar refractivity (Wildman–Crippen MR) is 69.0 cm³/mol. The second kappa shape index (κ2) is 6.01. The number of rotatable bonds is 4. The van der Waals surface area contributed by atoms with Crippen molar-refractivity contribution in [3.63, 3.8) is 0 Å². The number of hydrogen-bond acceptors (Lipinski definition) is 2. The predicted octanol–water partition coefficient (Wildman–Crippen LogP) is 2.36. The summed E-state index contributed by atoms with van der Waals surface area (Å²) in [6.07, 6.45) is 0.647. The zero-order valence-electron chi connectivity index (χ0n) is 9.53. The van der Waals surface area contributed by atoms with Gasteiger partial charge in [-0.1, -0.05) is 41.1 Å². The lowest BCUT2D eigenvalue weighted by molar-refractivity contribution is -0.123. The normalized spacial score (nSPS) is 14.2. The van der Waals surface area contributed by atoms with Crippen LogP contribution in [0.4, 0.5) is 0 Å². The van der Waals surface area contributed by atoms with Crippen molar-refractivity contribution in [2.45, 2.75) is 32.4 Å². The molecule has 0 radical (unpaired) electrons. The van der Waals surface area contributed by atoms with E-state index in [1.54, 1.807) is 0 Å². The minimum atomic E-state index is -0.426. The molecular formula is C12H17BrN2O. The standard InChI is InChI=1S/C12H17BrN2O/c1-3-11(14)12(16)15-8(2)9-6-4-5-7-10(9)13/h4-8,11H,3,14H2,1-2H3,(H,15,16)/t8-,11+/m0/s1. The molecule has 0 aromatic heterocycles. The van der Waals surface area contributed by atoms with Gasteiger partial charge in [0.05, 0.1) is 12.1 Å². The molecule has 0 aliphatic carbocycles. The van der Waals surface area contributed by atoms with E-state index in [0.29, 0.717) is 6.42 Å². The summed E-state index contributed by atoms with van der Waals surface area (Å²) in [6, 6.07) is 7.36. The maximum Gasteiger partial charge on any atom is 0.237 e. The number of nitrogens with one attached hydrogen (secondary N) is 1. The SMILES string of the molecule is CC[C@@H](N)C(=O)N[C@@H](C)c1ccccc1Br. The molecule has 1 aromatic rings. The number of carbonyl (C=O) groups is 1.